The minimum atomic E-state index is -0.448. The number of benzene rings is 2. The summed E-state index contributed by atoms with van der Waals surface area (Å²) in [5.41, 5.74) is 1.46. The summed E-state index contributed by atoms with van der Waals surface area (Å²) in [6.07, 6.45) is 0.659. The number of halogens is 1. The highest BCUT2D eigenvalue weighted by molar-refractivity contribution is 6.30. The van der Waals surface area contributed by atoms with Crippen molar-refractivity contribution in [1.82, 2.24) is 0 Å². The maximum absolute atomic E-state index is 11.9. The van der Waals surface area contributed by atoms with E-state index in [4.69, 9.17) is 25.8 Å². The van der Waals surface area contributed by atoms with E-state index >= 15 is 0 Å². The third kappa shape index (κ3) is 7.19. The minimum absolute atomic E-state index is 0.170. The standard InChI is InChI=1S/C20H22ClNO5/c1-14-12-15(21)5-10-18(14)22-19(23)13-27-20(24)4-3-11-26-17-8-6-16(25-2)7-9-17/h5-10,12H,3-4,11,13H2,1-2H3,(H,22,23). The zero-order valence-electron chi connectivity index (χ0n) is 15.3. The number of carbonyl (C=O) groups excluding carboxylic acids is 2. The molecule has 6 nitrogen and oxygen atoms in total. The fourth-order valence-electron chi connectivity index (χ4n) is 2.25. The van der Waals surface area contributed by atoms with Crippen LogP contribution >= 0.6 is 11.6 Å². The lowest BCUT2D eigenvalue weighted by Crippen LogP contribution is -2.21. The first kappa shape index (κ1) is 20.6. The molecule has 0 fully saturated rings. The smallest absolute Gasteiger partial charge is 0.306 e. The summed E-state index contributed by atoms with van der Waals surface area (Å²) in [4.78, 5) is 23.6. The van der Waals surface area contributed by atoms with Crippen molar-refractivity contribution in [1.29, 1.82) is 0 Å². The molecule has 0 aliphatic rings. The number of ether oxygens (including phenoxy) is 3. The van der Waals surface area contributed by atoms with Crippen molar-refractivity contribution in [3.63, 3.8) is 0 Å². The van der Waals surface area contributed by atoms with E-state index in [1.807, 2.05) is 6.92 Å². The lowest BCUT2D eigenvalue weighted by molar-refractivity contribution is -0.147. The van der Waals surface area contributed by atoms with Gasteiger partial charge in [-0.15, -0.1) is 0 Å². The Balaban J connectivity index is 1.63. The molecule has 0 aliphatic carbocycles. The number of nitrogens with one attached hydrogen (secondary N) is 1. The SMILES string of the molecule is COc1ccc(OCCCC(=O)OCC(=O)Nc2ccc(Cl)cc2C)cc1. The number of anilines is 1. The summed E-state index contributed by atoms with van der Waals surface area (Å²) in [6, 6.07) is 12.3. The van der Waals surface area contributed by atoms with E-state index in [1.54, 1.807) is 49.6 Å². The molecule has 27 heavy (non-hydrogen) atoms. The van der Waals surface area contributed by atoms with Crippen molar-refractivity contribution < 1.29 is 23.8 Å². The number of methoxy groups -OCH3 is 1. The molecule has 0 saturated carbocycles. The minimum Gasteiger partial charge on any atom is -0.497 e. The molecule has 1 amide bonds. The third-order valence-electron chi connectivity index (χ3n) is 3.68. The van der Waals surface area contributed by atoms with Gasteiger partial charge in [0.15, 0.2) is 6.61 Å². The fourth-order valence-corrected chi connectivity index (χ4v) is 2.48. The Hall–Kier alpha value is -2.73. The maximum atomic E-state index is 11.9. The van der Waals surface area contributed by atoms with Gasteiger partial charge in [0.05, 0.1) is 13.7 Å². The second kappa shape index (κ2) is 10.4. The van der Waals surface area contributed by atoms with Crippen LogP contribution in [0.25, 0.3) is 0 Å². The molecule has 0 unspecified atom stereocenters. The molecule has 7 heteroatoms. The average Bonchev–Trinajstić information content (AvgIpc) is 2.66. The van der Waals surface area contributed by atoms with Crippen LogP contribution in [0.3, 0.4) is 0 Å². The van der Waals surface area contributed by atoms with Gasteiger partial charge in [0, 0.05) is 17.1 Å². The number of rotatable bonds is 9. The Morgan fingerprint density at radius 1 is 1.07 bits per heavy atom. The van der Waals surface area contributed by atoms with Gasteiger partial charge in [-0.25, -0.2) is 0 Å². The van der Waals surface area contributed by atoms with Gasteiger partial charge in [0.25, 0.3) is 5.91 Å². The number of amides is 1. The molecule has 0 bridgehead atoms. The predicted molar refractivity (Wildman–Crippen MR) is 104 cm³/mol. The van der Waals surface area contributed by atoms with E-state index in [0.717, 1.165) is 11.3 Å². The molecule has 0 radical (unpaired) electrons. The number of carbonyl (C=O) groups is 2. The second-order valence-electron chi connectivity index (χ2n) is 5.80. The molecule has 0 atom stereocenters. The molecule has 0 aliphatic heterocycles. The molecule has 0 saturated heterocycles. The number of hydrogen-bond acceptors (Lipinski definition) is 5. The van der Waals surface area contributed by atoms with Gasteiger partial charge in [-0.3, -0.25) is 9.59 Å². The summed E-state index contributed by atoms with van der Waals surface area (Å²) < 4.78 is 15.6. The molecule has 0 heterocycles. The Kier molecular flexibility index (Phi) is 7.95. The third-order valence-corrected chi connectivity index (χ3v) is 3.92. The number of esters is 1. The van der Waals surface area contributed by atoms with E-state index in [0.29, 0.717) is 29.5 Å². The summed E-state index contributed by atoms with van der Waals surface area (Å²) in [5.74, 6) is 0.597. The highest BCUT2D eigenvalue weighted by Crippen LogP contribution is 2.19. The Morgan fingerprint density at radius 2 is 1.78 bits per heavy atom. The molecule has 2 aromatic rings. The lowest BCUT2D eigenvalue weighted by atomic mass is 10.2. The molecule has 2 rings (SSSR count). The van der Waals surface area contributed by atoms with Crippen molar-refractivity contribution in [2.24, 2.45) is 0 Å². The van der Waals surface area contributed by atoms with E-state index in [-0.39, 0.29) is 13.0 Å². The van der Waals surface area contributed by atoms with Crippen molar-refractivity contribution >= 4 is 29.2 Å². The second-order valence-corrected chi connectivity index (χ2v) is 6.23. The first-order valence-electron chi connectivity index (χ1n) is 8.46. The molecular weight excluding hydrogens is 370 g/mol. The van der Waals surface area contributed by atoms with Crippen LogP contribution in [0, 0.1) is 6.92 Å². The van der Waals surface area contributed by atoms with Crippen molar-refractivity contribution in [3.8, 4) is 11.5 Å². The summed E-state index contributed by atoms with van der Waals surface area (Å²) >= 11 is 5.87. The van der Waals surface area contributed by atoms with Crippen LogP contribution < -0.4 is 14.8 Å². The highest BCUT2D eigenvalue weighted by atomic mass is 35.5. The van der Waals surface area contributed by atoms with Gasteiger partial charge >= 0.3 is 5.97 Å². The normalized spacial score (nSPS) is 10.2. The van der Waals surface area contributed by atoms with E-state index in [9.17, 15) is 9.59 Å². The van der Waals surface area contributed by atoms with Gasteiger partial charge in [0.2, 0.25) is 0 Å². The number of hydrogen-bond donors (Lipinski definition) is 1. The van der Waals surface area contributed by atoms with Crippen LogP contribution in [0.5, 0.6) is 11.5 Å². The summed E-state index contributed by atoms with van der Waals surface area (Å²) in [6.45, 7) is 1.87. The van der Waals surface area contributed by atoms with Crippen molar-refractivity contribution in [3.05, 3.63) is 53.1 Å². The maximum Gasteiger partial charge on any atom is 0.306 e. The predicted octanol–water partition coefficient (Wildman–Crippen LogP) is 4.00. The molecule has 0 aromatic heterocycles. The molecular formula is C20H22ClNO5. The molecule has 2 aromatic carbocycles. The van der Waals surface area contributed by atoms with E-state index in [2.05, 4.69) is 5.32 Å². The summed E-state index contributed by atoms with van der Waals surface area (Å²) in [7, 11) is 1.60. The zero-order chi connectivity index (χ0) is 19.6. The van der Waals surface area contributed by atoms with Gasteiger partial charge in [-0.1, -0.05) is 11.6 Å². The largest absolute Gasteiger partial charge is 0.497 e. The van der Waals surface area contributed by atoms with Crippen LogP contribution in [-0.2, 0) is 14.3 Å². The Bertz CT molecular complexity index is 776. The van der Waals surface area contributed by atoms with Gasteiger partial charge in [-0.05, 0) is 61.4 Å². The van der Waals surface area contributed by atoms with Gasteiger partial charge in [0.1, 0.15) is 11.5 Å². The molecule has 1 N–H and O–H groups in total. The first-order chi connectivity index (χ1) is 13.0. The first-order valence-corrected chi connectivity index (χ1v) is 8.84. The quantitative estimate of drug-likeness (QED) is 0.516. The van der Waals surface area contributed by atoms with Crippen LogP contribution in [0.1, 0.15) is 18.4 Å². The zero-order valence-corrected chi connectivity index (χ0v) is 16.0. The van der Waals surface area contributed by atoms with Gasteiger partial charge < -0.3 is 19.5 Å². The van der Waals surface area contributed by atoms with Gasteiger partial charge in [-0.2, -0.15) is 0 Å². The van der Waals surface area contributed by atoms with Crippen molar-refractivity contribution in [2.45, 2.75) is 19.8 Å². The summed E-state index contributed by atoms with van der Waals surface area (Å²) in [5, 5.41) is 3.27. The fraction of sp³-hybridized carbons (Fsp3) is 0.300. The lowest BCUT2D eigenvalue weighted by Gasteiger charge is -2.09. The van der Waals surface area contributed by atoms with E-state index in [1.165, 1.54) is 0 Å². The van der Waals surface area contributed by atoms with E-state index < -0.39 is 11.9 Å². The molecule has 144 valence electrons. The Labute approximate surface area is 163 Å². The Morgan fingerprint density at radius 3 is 2.44 bits per heavy atom. The van der Waals surface area contributed by atoms with Crippen LogP contribution in [0.2, 0.25) is 5.02 Å². The highest BCUT2D eigenvalue weighted by Gasteiger charge is 2.09. The van der Waals surface area contributed by atoms with Crippen LogP contribution in [0.15, 0.2) is 42.5 Å². The monoisotopic (exact) mass is 391 g/mol. The molecule has 0 spiro atoms. The van der Waals surface area contributed by atoms with Crippen LogP contribution in [0.4, 0.5) is 5.69 Å². The topological polar surface area (TPSA) is 73.9 Å². The van der Waals surface area contributed by atoms with Crippen LogP contribution in [-0.4, -0.2) is 32.2 Å². The number of aryl methyl sites for hydroxylation is 1. The van der Waals surface area contributed by atoms with Crippen molar-refractivity contribution in [2.75, 3.05) is 25.6 Å². The average molecular weight is 392 g/mol.